The van der Waals surface area contributed by atoms with Gasteiger partial charge < -0.3 is 4.90 Å². The van der Waals surface area contributed by atoms with Gasteiger partial charge in [0.05, 0.1) is 6.04 Å². The molecule has 3 unspecified atom stereocenters. The third-order valence-electron chi connectivity index (χ3n) is 4.77. The summed E-state index contributed by atoms with van der Waals surface area (Å²) in [6.07, 6.45) is 2.56. The van der Waals surface area contributed by atoms with Gasteiger partial charge in [-0.05, 0) is 57.6 Å². The standard InChI is InChI=1S/C17H24N2O/c1-10-5-8-15(11(2)9-10)16-18-12(3)17(20)19(16)13(4)14-6-7-14/h5,8-9,12-14,16,18H,6-7H2,1-4H3. The Morgan fingerprint density at radius 1 is 1.30 bits per heavy atom. The zero-order valence-electron chi connectivity index (χ0n) is 12.8. The van der Waals surface area contributed by atoms with Gasteiger partial charge in [0.25, 0.3) is 0 Å². The molecule has 0 aromatic heterocycles. The monoisotopic (exact) mass is 272 g/mol. The molecular weight excluding hydrogens is 248 g/mol. The molecule has 3 heteroatoms. The Balaban J connectivity index is 1.95. The van der Waals surface area contributed by atoms with Crippen LogP contribution in [-0.4, -0.2) is 22.9 Å². The molecule has 1 heterocycles. The van der Waals surface area contributed by atoms with E-state index in [0.717, 1.165) is 0 Å². The van der Waals surface area contributed by atoms with Gasteiger partial charge in [-0.15, -0.1) is 0 Å². The molecule has 108 valence electrons. The average Bonchev–Trinajstić information content (AvgIpc) is 3.18. The third-order valence-corrected chi connectivity index (χ3v) is 4.77. The van der Waals surface area contributed by atoms with Crippen LogP contribution >= 0.6 is 0 Å². The number of amides is 1. The van der Waals surface area contributed by atoms with Gasteiger partial charge in [0.2, 0.25) is 5.91 Å². The van der Waals surface area contributed by atoms with Gasteiger partial charge >= 0.3 is 0 Å². The molecule has 3 rings (SSSR count). The first-order valence-electron chi connectivity index (χ1n) is 7.64. The van der Waals surface area contributed by atoms with Crippen molar-refractivity contribution in [1.82, 2.24) is 10.2 Å². The minimum atomic E-state index is -0.0816. The van der Waals surface area contributed by atoms with E-state index >= 15 is 0 Å². The van der Waals surface area contributed by atoms with Crippen LogP contribution in [0.3, 0.4) is 0 Å². The minimum absolute atomic E-state index is 0.0358. The Labute approximate surface area is 121 Å². The molecule has 0 spiro atoms. The van der Waals surface area contributed by atoms with E-state index in [2.05, 4.69) is 49.2 Å². The van der Waals surface area contributed by atoms with Gasteiger partial charge in [0, 0.05) is 6.04 Å². The Morgan fingerprint density at radius 3 is 2.60 bits per heavy atom. The smallest absolute Gasteiger partial charge is 0.241 e. The van der Waals surface area contributed by atoms with Crippen molar-refractivity contribution in [2.75, 3.05) is 0 Å². The predicted octanol–water partition coefficient (Wildman–Crippen LogP) is 2.92. The van der Waals surface area contributed by atoms with Crippen LogP contribution in [-0.2, 0) is 4.79 Å². The van der Waals surface area contributed by atoms with Crippen molar-refractivity contribution >= 4 is 5.91 Å². The second-order valence-corrected chi connectivity index (χ2v) is 6.47. The van der Waals surface area contributed by atoms with Gasteiger partial charge in [-0.2, -0.15) is 0 Å². The number of hydrogen-bond donors (Lipinski definition) is 1. The van der Waals surface area contributed by atoms with Crippen molar-refractivity contribution in [2.45, 2.75) is 58.8 Å². The fourth-order valence-electron chi connectivity index (χ4n) is 3.35. The van der Waals surface area contributed by atoms with E-state index < -0.39 is 0 Å². The highest BCUT2D eigenvalue weighted by Gasteiger charge is 2.44. The van der Waals surface area contributed by atoms with E-state index in [1.807, 2.05) is 6.92 Å². The summed E-state index contributed by atoms with van der Waals surface area (Å²) in [5, 5.41) is 3.47. The zero-order valence-corrected chi connectivity index (χ0v) is 12.8. The molecule has 1 aliphatic carbocycles. The fourth-order valence-corrected chi connectivity index (χ4v) is 3.35. The minimum Gasteiger partial charge on any atom is -0.319 e. The van der Waals surface area contributed by atoms with Gasteiger partial charge in [0.1, 0.15) is 6.17 Å². The molecule has 3 atom stereocenters. The summed E-state index contributed by atoms with van der Waals surface area (Å²) in [5.41, 5.74) is 3.77. The molecule has 2 fully saturated rings. The van der Waals surface area contributed by atoms with Gasteiger partial charge in [0.15, 0.2) is 0 Å². The molecule has 1 saturated carbocycles. The Morgan fingerprint density at radius 2 is 2.00 bits per heavy atom. The predicted molar refractivity (Wildman–Crippen MR) is 80.3 cm³/mol. The lowest BCUT2D eigenvalue weighted by molar-refractivity contribution is -0.132. The van der Waals surface area contributed by atoms with Crippen LogP contribution in [0.5, 0.6) is 0 Å². The molecular formula is C17H24N2O. The van der Waals surface area contributed by atoms with Crippen LogP contribution in [0.25, 0.3) is 0 Å². The molecule has 3 nitrogen and oxygen atoms in total. The highest BCUT2D eigenvalue weighted by atomic mass is 16.2. The number of rotatable bonds is 3. The van der Waals surface area contributed by atoms with E-state index in [1.54, 1.807) is 0 Å². The second kappa shape index (κ2) is 4.88. The number of carbonyl (C=O) groups excluding carboxylic acids is 1. The van der Waals surface area contributed by atoms with Crippen molar-refractivity contribution in [2.24, 2.45) is 5.92 Å². The van der Waals surface area contributed by atoms with Crippen LogP contribution in [0.2, 0.25) is 0 Å². The zero-order chi connectivity index (χ0) is 14.4. The Hall–Kier alpha value is -1.35. The molecule has 1 N–H and O–H groups in total. The SMILES string of the molecule is Cc1ccc(C2NC(C)C(=O)N2C(C)C2CC2)c(C)c1. The normalized spacial score (nSPS) is 28.0. The maximum Gasteiger partial charge on any atom is 0.241 e. The van der Waals surface area contributed by atoms with Gasteiger partial charge in [-0.25, -0.2) is 0 Å². The summed E-state index contributed by atoms with van der Waals surface area (Å²) in [6.45, 7) is 8.42. The van der Waals surface area contributed by atoms with E-state index in [0.29, 0.717) is 12.0 Å². The van der Waals surface area contributed by atoms with E-state index in [9.17, 15) is 4.79 Å². The van der Waals surface area contributed by atoms with Crippen molar-refractivity contribution in [1.29, 1.82) is 0 Å². The topological polar surface area (TPSA) is 32.3 Å². The lowest BCUT2D eigenvalue weighted by atomic mass is 10.0. The number of nitrogens with zero attached hydrogens (tertiary/aromatic N) is 1. The Bertz CT molecular complexity index is 536. The van der Waals surface area contributed by atoms with Crippen LogP contribution < -0.4 is 5.32 Å². The number of carbonyl (C=O) groups is 1. The highest BCUT2D eigenvalue weighted by Crippen LogP contribution is 2.40. The molecule has 0 radical (unpaired) electrons. The van der Waals surface area contributed by atoms with E-state index in [-0.39, 0.29) is 18.1 Å². The second-order valence-electron chi connectivity index (χ2n) is 6.47. The number of hydrogen-bond acceptors (Lipinski definition) is 2. The van der Waals surface area contributed by atoms with Gasteiger partial charge in [-0.3, -0.25) is 10.1 Å². The first kappa shape index (κ1) is 13.6. The molecule has 1 aliphatic heterocycles. The van der Waals surface area contributed by atoms with Crippen LogP contribution in [0.4, 0.5) is 0 Å². The maximum absolute atomic E-state index is 12.5. The number of benzene rings is 1. The summed E-state index contributed by atoms with van der Waals surface area (Å²) < 4.78 is 0. The van der Waals surface area contributed by atoms with Crippen molar-refractivity contribution < 1.29 is 4.79 Å². The Kier molecular flexibility index (Phi) is 3.33. The van der Waals surface area contributed by atoms with Crippen LogP contribution in [0, 0.1) is 19.8 Å². The molecule has 1 saturated heterocycles. The molecule has 1 aromatic rings. The number of aryl methyl sites for hydroxylation is 2. The van der Waals surface area contributed by atoms with Crippen molar-refractivity contribution in [3.05, 3.63) is 34.9 Å². The number of nitrogens with one attached hydrogen (secondary N) is 1. The summed E-state index contributed by atoms with van der Waals surface area (Å²) in [6, 6.07) is 6.76. The summed E-state index contributed by atoms with van der Waals surface area (Å²) in [7, 11) is 0. The van der Waals surface area contributed by atoms with Crippen molar-refractivity contribution in [3.8, 4) is 0 Å². The summed E-state index contributed by atoms with van der Waals surface area (Å²) in [4.78, 5) is 14.6. The maximum atomic E-state index is 12.5. The molecule has 2 aliphatic rings. The third kappa shape index (κ3) is 2.24. The highest BCUT2D eigenvalue weighted by molar-refractivity contribution is 5.84. The van der Waals surface area contributed by atoms with E-state index in [1.165, 1.54) is 29.5 Å². The summed E-state index contributed by atoms with van der Waals surface area (Å²) >= 11 is 0. The average molecular weight is 272 g/mol. The quantitative estimate of drug-likeness (QED) is 0.917. The van der Waals surface area contributed by atoms with Crippen molar-refractivity contribution in [3.63, 3.8) is 0 Å². The van der Waals surface area contributed by atoms with Crippen LogP contribution in [0.1, 0.15) is 49.5 Å². The molecule has 0 bridgehead atoms. The lowest BCUT2D eigenvalue weighted by Crippen LogP contribution is -2.39. The lowest BCUT2D eigenvalue weighted by Gasteiger charge is -2.31. The molecule has 20 heavy (non-hydrogen) atoms. The van der Waals surface area contributed by atoms with E-state index in [4.69, 9.17) is 0 Å². The van der Waals surface area contributed by atoms with Crippen LogP contribution in [0.15, 0.2) is 18.2 Å². The molecule has 1 amide bonds. The largest absolute Gasteiger partial charge is 0.319 e. The first-order valence-corrected chi connectivity index (χ1v) is 7.64. The van der Waals surface area contributed by atoms with Gasteiger partial charge in [-0.1, -0.05) is 23.8 Å². The molecule has 1 aromatic carbocycles. The first-order chi connectivity index (χ1) is 9.49. The summed E-state index contributed by atoms with van der Waals surface area (Å²) in [5.74, 6) is 0.939. The fraction of sp³-hybridized carbons (Fsp3) is 0.588.